The van der Waals surface area contributed by atoms with Crippen LogP contribution >= 0.6 is 24.0 Å². The van der Waals surface area contributed by atoms with Gasteiger partial charge in [-0.1, -0.05) is 54.3 Å². The normalized spacial score (nSPS) is 16.2. The van der Waals surface area contributed by atoms with Gasteiger partial charge in [0, 0.05) is 36.3 Å². The van der Waals surface area contributed by atoms with E-state index in [1.165, 1.54) is 28.8 Å². The molecule has 1 aliphatic heterocycles. The second kappa shape index (κ2) is 6.70. The number of hydrogen-bond acceptors (Lipinski definition) is 3. The summed E-state index contributed by atoms with van der Waals surface area (Å²) in [5, 5.41) is 1.07. The topological polar surface area (TPSA) is 25.2 Å². The number of nitrogens with zero attached hydrogens (tertiary/aromatic N) is 2. The zero-order valence-corrected chi connectivity index (χ0v) is 15.6. The third-order valence-corrected chi connectivity index (χ3v) is 5.84. The fourth-order valence-corrected chi connectivity index (χ4v) is 4.16. The lowest BCUT2D eigenvalue weighted by atomic mass is 10.1. The van der Waals surface area contributed by atoms with Crippen molar-refractivity contribution in [2.75, 3.05) is 7.05 Å². The number of para-hydroxylation sites is 1. The number of carbonyl (C=O) groups is 1. The van der Waals surface area contributed by atoms with Gasteiger partial charge in [-0.2, -0.15) is 0 Å². The number of carbonyl (C=O) groups excluding carboxylic acids is 1. The zero-order chi connectivity index (χ0) is 18.3. The molecule has 6 heteroatoms. The lowest BCUT2D eigenvalue weighted by Gasteiger charge is -2.05. The molecule has 2 aromatic carbocycles. The highest BCUT2D eigenvalue weighted by molar-refractivity contribution is 8.26. The molecule has 1 saturated heterocycles. The summed E-state index contributed by atoms with van der Waals surface area (Å²) in [5.41, 5.74) is 3.05. The van der Waals surface area contributed by atoms with E-state index in [-0.39, 0.29) is 11.7 Å². The average molecular weight is 382 g/mol. The van der Waals surface area contributed by atoms with Gasteiger partial charge in [0.1, 0.15) is 10.1 Å². The van der Waals surface area contributed by atoms with Crippen LogP contribution in [0.25, 0.3) is 17.0 Å². The van der Waals surface area contributed by atoms with Gasteiger partial charge in [0.2, 0.25) is 0 Å². The third kappa shape index (κ3) is 3.06. The van der Waals surface area contributed by atoms with E-state index in [0.29, 0.717) is 15.8 Å². The van der Waals surface area contributed by atoms with E-state index in [2.05, 4.69) is 4.57 Å². The number of thioether (sulfide) groups is 1. The van der Waals surface area contributed by atoms with Crippen molar-refractivity contribution in [2.45, 2.75) is 6.54 Å². The monoisotopic (exact) mass is 382 g/mol. The van der Waals surface area contributed by atoms with Crippen molar-refractivity contribution in [1.29, 1.82) is 0 Å². The van der Waals surface area contributed by atoms with E-state index in [1.807, 2.05) is 36.5 Å². The summed E-state index contributed by atoms with van der Waals surface area (Å²) in [6.45, 7) is 0.628. The fraction of sp³-hybridized carbons (Fsp3) is 0.100. The first-order valence-corrected chi connectivity index (χ1v) is 9.29. The second-order valence-corrected chi connectivity index (χ2v) is 7.77. The molecule has 0 N–H and O–H groups in total. The molecule has 1 aliphatic rings. The molecule has 1 aromatic heterocycles. The van der Waals surface area contributed by atoms with Crippen molar-refractivity contribution in [3.8, 4) is 0 Å². The molecule has 130 valence electrons. The van der Waals surface area contributed by atoms with Crippen LogP contribution in [0.2, 0.25) is 0 Å². The van der Waals surface area contributed by atoms with Crippen molar-refractivity contribution in [3.05, 3.63) is 76.6 Å². The van der Waals surface area contributed by atoms with Gasteiger partial charge in [-0.05, 0) is 29.8 Å². The first-order chi connectivity index (χ1) is 12.5. The highest BCUT2D eigenvalue weighted by atomic mass is 32.2. The molecular formula is C20H15FN2OS2. The van der Waals surface area contributed by atoms with Crippen LogP contribution in [0.4, 0.5) is 4.39 Å². The molecule has 0 atom stereocenters. The van der Waals surface area contributed by atoms with Crippen LogP contribution in [-0.2, 0) is 11.3 Å². The quantitative estimate of drug-likeness (QED) is 0.487. The molecule has 4 rings (SSSR count). The second-order valence-electron chi connectivity index (χ2n) is 6.10. The Morgan fingerprint density at radius 1 is 1.15 bits per heavy atom. The maximum atomic E-state index is 13.1. The number of halogens is 1. The van der Waals surface area contributed by atoms with Gasteiger partial charge in [0.15, 0.2) is 0 Å². The maximum absolute atomic E-state index is 13.1. The molecule has 0 radical (unpaired) electrons. The molecule has 3 nitrogen and oxygen atoms in total. The summed E-state index contributed by atoms with van der Waals surface area (Å²) in [5.74, 6) is -0.316. The van der Waals surface area contributed by atoms with Crippen LogP contribution in [0.5, 0.6) is 0 Å². The number of benzene rings is 2. The smallest absolute Gasteiger partial charge is 0.265 e. The van der Waals surface area contributed by atoms with Crippen LogP contribution in [0.3, 0.4) is 0 Å². The SMILES string of the molecule is CN1C(=O)C(=Cc2cn(Cc3ccc(F)cc3)c3ccccc23)SC1=S. The van der Waals surface area contributed by atoms with Crippen LogP contribution < -0.4 is 0 Å². The predicted octanol–water partition coefficient (Wildman–Crippen LogP) is 4.66. The molecule has 1 fully saturated rings. The van der Waals surface area contributed by atoms with Crippen LogP contribution in [0.1, 0.15) is 11.1 Å². The summed E-state index contributed by atoms with van der Waals surface area (Å²) in [6.07, 6.45) is 3.92. The molecule has 3 aromatic rings. The summed E-state index contributed by atoms with van der Waals surface area (Å²) < 4.78 is 15.8. The van der Waals surface area contributed by atoms with Crippen LogP contribution in [-0.4, -0.2) is 26.7 Å². The first-order valence-electron chi connectivity index (χ1n) is 8.07. The van der Waals surface area contributed by atoms with Gasteiger partial charge in [0.25, 0.3) is 5.91 Å². The Morgan fingerprint density at radius 3 is 2.58 bits per heavy atom. The summed E-state index contributed by atoms with van der Waals surface area (Å²) in [4.78, 5) is 14.4. The molecule has 0 bridgehead atoms. The number of rotatable bonds is 3. The van der Waals surface area contributed by atoms with Crippen molar-refractivity contribution in [2.24, 2.45) is 0 Å². The minimum Gasteiger partial charge on any atom is -0.342 e. The lowest BCUT2D eigenvalue weighted by molar-refractivity contribution is -0.121. The Morgan fingerprint density at radius 2 is 1.88 bits per heavy atom. The van der Waals surface area contributed by atoms with E-state index >= 15 is 0 Å². The number of amides is 1. The number of hydrogen-bond donors (Lipinski definition) is 0. The van der Waals surface area contributed by atoms with Gasteiger partial charge in [-0.3, -0.25) is 9.69 Å². The largest absolute Gasteiger partial charge is 0.342 e. The molecular weight excluding hydrogens is 367 g/mol. The Hall–Kier alpha value is -2.44. The molecule has 0 unspecified atom stereocenters. The Bertz CT molecular complexity index is 1050. The van der Waals surface area contributed by atoms with Crippen molar-refractivity contribution < 1.29 is 9.18 Å². The minimum absolute atomic E-state index is 0.0737. The molecule has 0 saturated carbocycles. The van der Waals surface area contributed by atoms with E-state index in [9.17, 15) is 9.18 Å². The summed E-state index contributed by atoms with van der Waals surface area (Å²) in [6, 6.07) is 14.5. The Balaban J connectivity index is 1.76. The average Bonchev–Trinajstić information content (AvgIpc) is 3.10. The van der Waals surface area contributed by atoms with Gasteiger partial charge >= 0.3 is 0 Å². The number of likely N-dealkylation sites (N-methyl/N-ethyl adjacent to an activating group) is 1. The third-order valence-electron chi connectivity index (χ3n) is 4.36. The number of fused-ring (bicyclic) bond motifs is 1. The minimum atomic E-state index is -0.242. The van der Waals surface area contributed by atoms with Crippen LogP contribution in [0.15, 0.2) is 59.6 Å². The van der Waals surface area contributed by atoms with Gasteiger partial charge in [-0.15, -0.1) is 0 Å². The fourth-order valence-electron chi connectivity index (χ4n) is 2.99. The van der Waals surface area contributed by atoms with Gasteiger partial charge in [-0.25, -0.2) is 4.39 Å². The molecule has 26 heavy (non-hydrogen) atoms. The number of aromatic nitrogens is 1. The predicted molar refractivity (Wildman–Crippen MR) is 108 cm³/mol. The van der Waals surface area contributed by atoms with Crippen molar-refractivity contribution in [1.82, 2.24) is 9.47 Å². The van der Waals surface area contributed by atoms with Crippen molar-refractivity contribution >= 4 is 51.2 Å². The first kappa shape index (κ1) is 17.0. The molecule has 2 heterocycles. The molecule has 0 aliphatic carbocycles. The summed E-state index contributed by atoms with van der Waals surface area (Å²) >= 11 is 6.52. The van der Waals surface area contributed by atoms with E-state index in [4.69, 9.17) is 12.2 Å². The highest BCUT2D eigenvalue weighted by Crippen LogP contribution is 2.33. The van der Waals surface area contributed by atoms with E-state index in [0.717, 1.165) is 22.0 Å². The van der Waals surface area contributed by atoms with Crippen molar-refractivity contribution in [3.63, 3.8) is 0 Å². The maximum Gasteiger partial charge on any atom is 0.265 e. The van der Waals surface area contributed by atoms with E-state index in [1.54, 1.807) is 19.2 Å². The van der Waals surface area contributed by atoms with Gasteiger partial charge < -0.3 is 4.57 Å². The molecule has 0 spiro atoms. The zero-order valence-electron chi connectivity index (χ0n) is 14.0. The molecule has 1 amide bonds. The standard InChI is InChI=1S/C20H15FN2OS2/c1-22-19(24)18(26-20(22)25)10-14-12-23(17-5-3-2-4-16(14)17)11-13-6-8-15(21)9-7-13/h2-10,12H,11H2,1H3. The van der Waals surface area contributed by atoms with Gasteiger partial charge in [0.05, 0.1) is 4.91 Å². The lowest BCUT2D eigenvalue weighted by Crippen LogP contribution is -2.22. The number of thiocarbonyl (C=S) groups is 1. The Labute approximate surface area is 160 Å². The Kier molecular flexibility index (Phi) is 4.38. The summed E-state index contributed by atoms with van der Waals surface area (Å²) in [7, 11) is 1.69. The van der Waals surface area contributed by atoms with E-state index < -0.39 is 0 Å². The highest BCUT2D eigenvalue weighted by Gasteiger charge is 2.29. The van der Waals surface area contributed by atoms with Crippen LogP contribution in [0, 0.1) is 5.82 Å².